The van der Waals surface area contributed by atoms with Gasteiger partial charge >= 0.3 is 5.97 Å². The summed E-state index contributed by atoms with van der Waals surface area (Å²) in [5, 5.41) is 9.33. The van der Waals surface area contributed by atoms with Gasteiger partial charge in [-0.1, -0.05) is 23.7 Å². The van der Waals surface area contributed by atoms with Gasteiger partial charge in [0.2, 0.25) is 0 Å². The second-order valence-electron chi connectivity index (χ2n) is 3.85. The van der Waals surface area contributed by atoms with E-state index >= 15 is 0 Å². The van der Waals surface area contributed by atoms with E-state index in [0.717, 1.165) is 4.31 Å². The maximum absolute atomic E-state index is 11.4. The fraction of sp³-hybridized carbons (Fsp3) is 0. The van der Waals surface area contributed by atoms with Crippen molar-refractivity contribution in [3.8, 4) is 0 Å². The molecule has 2 aromatic carbocycles. The maximum atomic E-state index is 11.4. The first kappa shape index (κ1) is 14.5. The van der Waals surface area contributed by atoms with Crippen molar-refractivity contribution in [1.82, 2.24) is 0 Å². The van der Waals surface area contributed by atoms with Crippen molar-refractivity contribution in [3.63, 3.8) is 0 Å². The fourth-order valence-electron chi connectivity index (χ4n) is 1.69. The molecule has 0 amide bonds. The standard InChI is InChI=1S/C13H10ClNO4S/c14-10-4-2-6-12(8-10)15(20(18)19)11-5-1-3-9(7-11)13(16)17/h1-8H,(H,16,17)(H,18,19)/p-1. The Morgan fingerprint density at radius 1 is 1.15 bits per heavy atom. The number of carboxylic acid groups (broad SMARTS) is 1. The van der Waals surface area contributed by atoms with E-state index in [-0.39, 0.29) is 11.3 Å². The lowest BCUT2D eigenvalue weighted by Crippen LogP contribution is -2.19. The lowest BCUT2D eigenvalue weighted by Gasteiger charge is -2.26. The molecule has 0 aliphatic rings. The Balaban J connectivity index is 2.52. The molecule has 1 unspecified atom stereocenters. The minimum absolute atomic E-state index is 0.0000203. The number of carboxylic acids is 1. The maximum Gasteiger partial charge on any atom is 0.335 e. The molecule has 0 aliphatic heterocycles. The Labute approximate surface area is 122 Å². The summed E-state index contributed by atoms with van der Waals surface area (Å²) in [6, 6.07) is 11.9. The monoisotopic (exact) mass is 310 g/mol. The van der Waals surface area contributed by atoms with Crippen molar-refractivity contribution < 1.29 is 18.7 Å². The zero-order valence-corrected chi connectivity index (χ0v) is 11.6. The van der Waals surface area contributed by atoms with Crippen LogP contribution in [0.2, 0.25) is 5.02 Å². The van der Waals surface area contributed by atoms with E-state index in [1.807, 2.05) is 0 Å². The van der Waals surface area contributed by atoms with Crippen molar-refractivity contribution in [2.45, 2.75) is 0 Å². The van der Waals surface area contributed by atoms with Crippen molar-refractivity contribution in [2.24, 2.45) is 0 Å². The van der Waals surface area contributed by atoms with Gasteiger partial charge in [0.1, 0.15) is 0 Å². The van der Waals surface area contributed by atoms with Crippen molar-refractivity contribution in [1.29, 1.82) is 0 Å². The molecule has 0 saturated carbocycles. The molecule has 2 aromatic rings. The minimum Gasteiger partial charge on any atom is -0.755 e. The third kappa shape index (κ3) is 3.16. The summed E-state index contributed by atoms with van der Waals surface area (Å²) in [5.74, 6) is -1.13. The number of hydrogen-bond donors (Lipinski definition) is 1. The Morgan fingerprint density at radius 3 is 2.30 bits per heavy atom. The number of nitrogens with zero attached hydrogens (tertiary/aromatic N) is 1. The summed E-state index contributed by atoms with van der Waals surface area (Å²) < 4.78 is 23.8. The van der Waals surface area contributed by atoms with Crippen LogP contribution in [-0.2, 0) is 11.3 Å². The van der Waals surface area contributed by atoms with E-state index in [1.165, 1.54) is 30.3 Å². The molecule has 7 heteroatoms. The summed E-state index contributed by atoms with van der Waals surface area (Å²) in [5.41, 5.74) is 0.550. The van der Waals surface area contributed by atoms with Gasteiger partial charge < -0.3 is 9.66 Å². The Bertz CT molecular complexity index is 677. The van der Waals surface area contributed by atoms with E-state index < -0.39 is 17.2 Å². The summed E-state index contributed by atoms with van der Waals surface area (Å²) in [6.07, 6.45) is 0. The molecule has 0 heterocycles. The molecular weight excluding hydrogens is 302 g/mol. The number of halogens is 1. The van der Waals surface area contributed by atoms with E-state index in [4.69, 9.17) is 16.7 Å². The van der Waals surface area contributed by atoms with Crippen LogP contribution in [0.3, 0.4) is 0 Å². The average molecular weight is 311 g/mol. The minimum atomic E-state index is -2.60. The quantitative estimate of drug-likeness (QED) is 0.880. The largest absolute Gasteiger partial charge is 0.755 e. The summed E-state index contributed by atoms with van der Waals surface area (Å²) in [6.45, 7) is 0. The van der Waals surface area contributed by atoms with E-state index in [1.54, 1.807) is 18.2 Å². The number of hydrogen-bond acceptors (Lipinski definition) is 3. The van der Waals surface area contributed by atoms with Gasteiger partial charge in [-0.05, 0) is 36.4 Å². The highest BCUT2D eigenvalue weighted by molar-refractivity contribution is 7.81. The lowest BCUT2D eigenvalue weighted by atomic mass is 10.2. The van der Waals surface area contributed by atoms with Crippen LogP contribution in [-0.4, -0.2) is 19.8 Å². The fourth-order valence-corrected chi connectivity index (χ4v) is 2.44. The summed E-state index contributed by atoms with van der Waals surface area (Å²) >= 11 is 3.24. The molecular formula is C13H9ClNO4S-. The smallest absolute Gasteiger partial charge is 0.335 e. The average Bonchev–Trinajstić information content (AvgIpc) is 2.39. The van der Waals surface area contributed by atoms with Crippen LogP contribution in [0.4, 0.5) is 11.4 Å². The first-order valence-electron chi connectivity index (χ1n) is 5.47. The molecule has 0 aromatic heterocycles. The van der Waals surface area contributed by atoms with Gasteiger partial charge in [0, 0.05) is 5.02 Å². The second-order valence-corrected chi connectivity index (χ2v) is 5.08. The van der Waals surface area contributed by atoms with Crippen LogP contribution in [0.1, 0.15) is 10.4 Å². The molecule has 0 saturated heterocycles. The zero-order chi connectivity index (χ0) is 14.7. The number of anilines is 2. The lowest BCUT2D eigenvalue weighted by molar-refractivity contribution is 0.0697. The van der Waals surface area contributed by atoms with Gasteiger partial charge in [0.25, 0.3) is 0 Å². The van der Waals surface area contributed by atoms with Crippen LogP contribution in [0.25, 0.3) is 0 Å². The van der Waals surface area contributed by atoms with Gasteiger partial charge in [0.05, 0.1) is 28.2 Å². The predicted molar refractivity (Wildman–Crippen MR) is 75.9 cm³/mol. The van der Waals surface area contributed by atoms with Gasteiger partial charge in [-0.3, -0.25) is 8.51 Å². The SMILES string of the molecule is O=C(O)c1cccc(N(c2cccc(Cl)c2)S(=O)[O-])c1. The predicted octanol–water partition coefficient (Wildman–Crippen LogP) is 2.97. The topological polar surface area (TPSA) is 80.7 Å². The molecule has 1 atom stereocenters. The number of benzene rings is 2. The Hall–Kier alpha value is -1.89. The van der Waals surface area contributed by atoms with Gasteiger partial charge in [0.15, 0.2) is 0 Å². The van der Waals surface area contributed by atoms with Crippen LogP contribution >= 0.6 is 11.6 Å². The van der Waals surface area contributed by atoms with Crippen molar-refractivity contribution >= 4 is 40.2 Å². The summed E-state index contributed by atoms with van der Waals surface area (Å²) in [7, 11) is 0. The van der Waals surface area contributed by atoms with Crippen molar-refractivity contribution in [3.05, 3.63) is 59.1 Å². The second kappa shape index (κ2) is 6.04. The summed E-state index contributed by atoms with van der Waals surface area (Å²) in [4.78, 5) is 10.9. The van der Waals surface area contributed by atoms with Gasteiger partial charge in [-0.25, -0.2) is 4.79 Å². The van der Waals surface area contributed by atoms with Crippen LogP contribution in [0.15, 0.2) is 48.5 Å². The van der Waals surface area contributed by atoms with Gasteiger partial charge in [-0.15, -0.1) is 0 Å². The highest BCUT2D eigenvalue weighted by Gasteiger charge is 2.13. The van der Waals surface area contributed by atoms with E-state index in [0.29, 0.717) is 10.7 Å². The molecule has 5 nitrogen and oxygen atoms in total. The number of carbonyl (C=O) groups is 1. The molecule has 104 valence electrons. The van der Waals surface area contributed by atoms with Gasteiger partial charge in [-0.2, -0.15) is 0 Å². The third-order valence-electron chi connectivity index (χ3n) is 2.52. The Kier molecular flexibility index (Phi) is 4.39. The highest BCUT2D eigenvalue weighted by Crippen LogP contribution is 2.29. The highest BCUT2D eigenvalue weighted by atomic mass is 35.5. The molecule has 20 heavy (non-hydrogen) atoms. The normalized spacial score (nSPS) is 11.9. The molecule has 0 radical (unpaired) electrons. The molecule has 0 spiro atoms. The molecule has 2 rings (SSSR count). The molecule has 0 bridgehead atoms. The first-order valence-corrected chi connectivity index (χ1v) is 6.88. The van der Waals surface area contributed by atoms with Crippen molar-refractivity contribution in [2.75, 3.05) is 4.31 Å². The number of rotatable bonds is 4. The number of aromatic carboxylic acids is 1. The van der Waals surface area contributed by atoms with E-state index in [9.17, 15) is 13.6 Å². The van der Waals surface area contributed by atoms with Crippen LogP contribution in [0, 0.1) is 0 Å². The van der Waals surface area contributed by atoms with E-state index in [2.05, 4.69) is 0 Å². The molecule has 1 N–H and O–H groups in total. The third-order valence-corrected chi connectivity index (χ3v) is 3.47. The Morgan fingerprint density at radius 2 is 1.75 bits per heavy atom. The zero-order valence-electron chi connectivity index (χ0n) is 10.0. The molecule has 0 aliphatic carbocycles. The molecule has 0 fully saturated rings. The van der Waals surface area contributed by atoms with Crippen LogP contribution in [0.5, 0.6) is 0 Å². The van der Waals surface area contributed by atoms with Crippen LogP contribution < -0.4 is 4.31 Å². The first-order chi connectivity index (χ1) is 9.49.